The molecule has 1 aliphatic rings. The largest absolute Gasteiger partial charge is 0.369 e. The number of halogens is 2. The van der Waals surface area contributed by atoms with Gasteiger partial charge in [-0.3, -0.25) is 9.59 Å². The molecule has 2 rings (SSSR count). The van der Waals surface area contributed by atoms with Crippen molar-refractivity contribution in [1.82, 2.24) is 4.90 Å². The predicted octanol–water partition coefficient (Wildman–Crippen LogP) is 2.36. The lowest BCUT2D eigenvalue weighted by atomic mass is 10.1. The number of rotatable bonds is 2. The third kappa shape index (κ3) is 2.92. The van der Waals surface area contributed by atoms with Crippen molar-refractivity contribution < 1.29 is 9.59 Å². The highest BCUT2D eigenvalue weighted by atomic mass is 79.9. The first kappa shape index (κ1) is 14.3. The normalized spacial score (nSPS) is 18.7. The van der Waals surface area contributed by atoms with Crippen LogP contribution in [0.1, 0.15) is 22.3 Å². The predicted molar refractivity (Wildman–Crippen MR) is 77.1 cm³/mol. The van der Waals surface area contributed by atoms with Crippen LogP contribution in [0.25, 0.3) is 0 Å². The Hall–Kier alpha value is -1.07. The van der Waals surface area contributed by atoms with Crippen molar-refractivity contribution in [1.29, 1.82) is 0 Å². The lowest BCUT2D eigenvalue weighted by molar-refractivity contribution is -0.121. The minimum atomic E-state index is -0.347. The summed E-state index contributed by atoms with van der Waals surface area (Å²) in [6, 6.07) is 3.43. The molecule has 1 atom stereocenters. The maximum Gasteiger partial charge on any atom is 0.253 e. The second kappa shape index (κ2) is 5.51. The summed E-state index contributed by atoms with van der Waals surface area (Å²) in [6.45, 7) is 2.82. The van der Waals surface area contributed by atoms with Crippen molar-refractivity contribution >= 4 is 39.3 Å². The minimum absolute atomic E-state index is 0.110. The van der Waals surface area contributed by atoms with Gasteiger partial charge in [0.1, 0.15) is 0 Å². The second-order valence-electron chi connectivity index (χ2n) is 4.73. The summed E-state index contributed by atoms with van der Waals surface area (Å²) in [5, 5.41) is 0.508. The van der Waals surface area contributed by atoms with Gasteiger partial charge in [-0.15, -0.1) is 0 Å². The van der Waals surface area contributed by atoms with E-state index in [4.69, 9.17) is 17.3 Å². The molecule has 0 bridgehead atoms. The summed E-state index contributed by atoms with van der Waals surface area (Å²) in [7, 11) is 0. The highest BCUT2D eigenvalue weighted by molar-refractivity contribution is 9.10. The molecular formula is C13H14BrClN2O2. The molecule has 4 nitrogen and oxygen atoms in total. The fourth-order valence-corrected chi connectivity index (χ4v) is 2.71. The van der Waals surface area contributed by atoms with Crippen molar-refractivity contribution in [2.45, 2.75) is 13.3 Å². The first-order valence-corrected chi connectivity index (χ1v) is 7.11. The molecule has 1 saturated heterocycles. The highest BCUT2D eigenvalue weighted by Gasteiger charge is 2.30. The third-order valence-electron chi connectivity index (χ3n) is 3.33. The number of carbonyl (C=O) groups excluding carboxylic acids is 2. The summed E-state index contributed by atoms with van der Waals surface area (Å²) in [6.07, 6.45) is 0.629. The van der Waals surface area contributed by atoms with Gasteiger partial charge in [0, 0.05) is 23.1 Å². The number of aryl methyl sites for hydroxylation is 1. The van der Waals surface area contributed by atoms with E-state index in [2.05, 4.69) is 15.9 Å². The van der Waals surface area contributed by atoms with E-state index in [1.165, 1.54) is 0 Å². The molecule has 0 unspecified atom stereocenters. The van der Waals surface area contributed by atoms with E-state index in [-0.39, 0.29) is 17.7 Å². The number of hydrogen-bond acceptors (Lipinski definition) is 2. The number of nitrogens with two attached hydrogens (primary N) is 1. The van der Waals surface area contributed by atoms with Crippen LogP contribution < -0.4 is 5.73 Å². The van der Waals surface area contributed by atoms with Gasteiger partial charge >= 0.3 is 0 Å². The van der Waals surface area contributed by atoms with E-state index >= 15 is 0 Å². The zero-order valence-corrected chi connectivity index (χ0v) is 12.8. The van der Waals surface area contributed by atoms with Crippen LogP contribution in [0.4, 0.5) is 0 Å². The van der Waals surface area contributed by atoms with E-state index in [9.17, 15) is 9.59 Å². The Morgan fingerprint density at radius 1 is 1.47 bits per heavy atom. The number of amides is 2. The van der Waals surface area contributed by atoms with Gasteiger partial charge in [-0.1, -0.05) is 11.6 Å². The quantitative estimate of drug-likeness (QED) is 0.894. The van der Waals surface area contributed by atoms with E-state index in [0.717, 1.165) is 10.0 Å². The fraction of sp³-hybridized carbons (Fsp3) is 0.385. The molecule has 0 saturated carbocycles. The Kier molecular flexibility index (Phi) is 4.16. The average molecular weight is 346 g/mol. The van der Waals surface area contributed by atoms with Crippen LogP contribution in [0, 0.1) is 12.8 Å². The fourth-order valence-electron chi connectivity index (χ4n) is 2.21. The summed E-state index contributed by atoms with van der Waals surface area (Å²) in [4.78, 5) is 25.1. The van der Waals surface area contributed by atoms with E-state index in [0.29, 0.717) is 30.1 Å². The molecule has 1 aromatic carbocycles. The number of hydrogen-bond donors (Lipinski definition) is 1. The second-order valence-corrected chi connectivity index (χ2v) is 5.93. The van der Waals surface area contributed by atoms with Gasteiger partial charge in [-0.2, -0.15) is 0 Å². The van der Waals surface area contributed by atoms with Crippen LogP contribution in [0.5, 0.6) is 0 Å². The summed E-state index contributed by atoms with van der Waals surface area (Å²) in [5.74, 6) is -0.697. The maximum atomic E-state index is 12.3. The lowest BCUT2D eigenvalue weighted by Crippen LogP contribution is -2.31. The molecule has 6 heteroatoms. The molecule has 19 heavy (non-hydrogen) atoms. The van der Waals surface area contributed by atoms with Gasteiger partial charge in [0.15, 0.2) is 0 Å². The van der Waals surface area contributed by atoms with Gasteiger partial charge in [0.25, 0.3) is 5.91 Å². The monoisotopic (exact) mass is 344 g/mol. The molecule has 0 radical (unpaired) electrons. The minimum Gasteiger partial charge on any atom is -0.369 e. The van der Waals surface area contributed by atoms with Crippen molar-refractivity contribution in [2.24, 2.45) is 11.7 Å². The van der Waals surface area contributed by atoms with Gasteiger partial charge in [0.2, 0.25) is 5.91 Å². The molecule has 1 aliphatic heterocycles. The summed E-state index contributed by atoms with van der Waals surface area (Å²) >= 11 is 9.41. The van der Waals surface area contributed by atoms with Crippen LogP contribution in [0.2, 0.25) is 5.02 Å². The maximum absolute atomic E-state index is 12.3. The lowest BCUT2D eigenvalue weighted by Gasteiger charge is -2.17. The Bertz CT molecular complexity index is 524. The smallest absolute Gasteiger partial charge is 0.253 e. The van der Waals surface area contributed by atoms with E-state index in [1.54, 1.807) is 17.0 Å². The molecule has 2 amide bonds. The number of benzene rings is 1. The molecule has 102 valence electrons. The van der Waals surface area contributed by atoms with E-state index < -0.39 is 0 Å². The molecule has 2 N–H and O–H groups in total. The summed E-state index contributed by atoms with van der Waals surface area (Å²) in [5.41, 5.74) is 6.70. The molecule has 1 aromatic rings. The van der Waals surface area contributed by atoms with Crippen LogP contribution in [-0.2, 0) is 4.79 Å². The summed E-state index contributed by atoms with van der Waals surface area (Å²) < 4.78 is 0.794. The van der Waals surface area contributed by atoms with Crippen LogP contribution in [0.15, 0.2) is 16.6 Å². The molecule has 0 aliphatic carbocycles. The Balaban J connectivity index is 2.19. The van der Waals surface area contributed by atoms with Gasteiger partial charge in [0.05, 0.1) is 10.9 Å². The molecule has 1 fully saturated rings. The number of carbonyl (C=O) groups is 2. The SMILES string of the molecule is Cc1cc(C(=O)N2CC[C@H](C(N)=O)C2)cc(Cl)c1Br. The van der Waals surface area contributed by atoms with Crippen LogP contribution >= 0.6 is 27.5 Å². The van der Waals surface area contributed by atoms with Crippen molar-refractivity contribution in [3.63, 3.8) is 0 Å². The van der Waals surface area contributed by atoms with Gasteiger partial charge in [-0.25, -0.2) is 0 Å². The van der Waals surface area contributed by atoms with Crippen molar-refractivity contribution in [3.8, 4) is 0 Å². The number of likely N-dealkylation sites (tertiary alicyclic amines) is 1. The first-order valence-electron chi connectivity index (χ1n) is 5.94. The average Bonchev–Trinajstić information content (AvgIpc) is 2.84. The zero-order chi connectivity index (χ0) is 14.2. The van der Waals surface area contributed by atoms with Gasteiger partial charge in [-0.05, 0) is 47.0 Å². The number of nitrogens with zero attached hydrogens (tertiary/aromatic N) is 1. The molecule has 0 spiro atoms. The van der Waals surface area contributed by atoms with Crippen molar-refractivity contribution in [3.05, 3.63) is 32.8 Å². The standard InChI is InChI=1S/C13H14BrClN2O2/c1-7-4-9(5-10(15)11(7)14)13(19)17-3-2-8(6-17)12(16)18/h4-5,8H,2-3,6H2,1H3,(H2,16,18)/t8-/m0/s1. The topological polar surface area (TPSA) is 63.4 Å². The third-order valence-corrected chi connectivity index (χ3v) is 4.91. The van der Waals surface area contributed by atoms with Crippen LogP contribution in [0.3, 0.4) is 0 Å². The molecular weight excluding hydrogens is 332 g/mol. The molecule has 0 aromatic heterocycles. The Labute approximate surface area is 125 Å². The Morgan fingerprint density at radius 2 is 2.16 bits per heavy atom. The van der Waals surface area contributed by atoms with Crippen molar-refractivity contribution in [2.75, 3.05) is 13.1 Å². The highest BCUT2D eigenvalue weighted by Crippen LogP contribution is 2.28. The van der Waals surface area contributed by atoms with Crippen LogP contribution in [-0.4, -0.2) is 29.8 Å². The van der Waals surface area contributed by atoms with Gasteiger partial charge < -0.3 is 10.6 Å². The Morgan fingerprint density at radius 3 is 2.68 bits per heavy atom. The first-order chi connectivity index (χ1) is 8.90. The van der Waals surface area contributed by atoms with E-state index in [1.807, 2.05) is 6.92 Å². The molecule has 1 heterocycles. The zero-order valence-electron chi connectivity index (χ0n) is 10.5. The number of primary amides is 1.